The maximum absolute atomic E-state index is 2.55. The molecule has 0 unspecified atom stereocenters. The third kappa shape index (κ3) is 6.31. The number of rotatable bonds is 7. The monoisotopic (exact) mass is 480 g/mol. The van der Waals surface area contributed by atoms with E-state index < -0.39 is 0 Å². The molecule has 0 heteroatoms. The normalized spacial score (nSPS) is 18.6. The summed E-state index contributed by atoms with van der Waals surface area (Å²) in [4.78, 5) is 0. The molecule has 1 fully saturated rings. The lowest BCUT2D eigenvalue weighted by Gasteiger charge is -2.31. The molecule has 0 aliphatic heterocycles. The van der Waals surface area contributed by atoms with Crippen LogP contribution in [0.1, 0.15) is 118 Å². The molecule has 1 saturated carbocycles. The largest absolute Gasteiger partial charge is 0.0625 e. The lowest BCUT2D eigenvalue weighted by atomic mass is 9.74. The minimum absolute atomic E-state index is 0.161. The van der Waals surface area contributed by atoms with Crippen LogP contribution in [0.4, 0.5) is 0 Å². The summed E-state index contributed by atoms with van der Waals surface area (Å²) >= 11 is 0. The molecule has 1 aliphatic carbocycles. The van der Waals surface area contributed by atoms with E-state index >= 15 is 0 Å². The van der Waals surface area contributed by atoms with Crippen molar-refractivity contribution in [1.29, 1.82) is 0 Å². The van der Waals surface area contributed by atoms with E-state index in [4.69, 9.17) is 0 Å². The minimum atomic E-state index is 0.161. The Labute approximate surface area is 221 Å². The van der Waals surface area contributed by atoms with Gasteiger partial charge in [-0.05, 0) is 120 Å². The quantitative estimate of drug-likeness (QED) is 0.315. The van der Waals surface area contributed by atoms with Crippen LogP contribution in [0.15, 0.2) is 60.7 Å². The van der Waals surface area contributed by atoms with Crippen molar-refractivity contribution in [3.05, 3.63) is 105 Å². The Hall–Kier alpha value is -2.34. The first kappa shape index (κ1) is 26.7. The summed E-state index contributed by atoms with van der Waals surface area (Å²) in [7, 11) is 0. The topological polar surface area (TPSA) is 0 Å². The van der Waals surface area contributed by atoms with Gasteiger partial charge in [0.2, 0.25) is 0 Å². The zero-order chi connectivity index (χ0) is 25.9. The van der Waals surface area contributed by atoms with Crippen LogP contribution in [0, 0.1) is 18.8 Å². The molecule has 0 aromatic heterocycles. The van der Waals surface area contributed by atoms with Crippen molar-refractivity contribution in [1.82, 2.24) is 0 Å². The maximum atomic E-state index is 2.55. The van der Waals surface area contributed by atoms with Crippen LogP contribution in [0.25, 0.3) is 0 Å². The van der Waals surface area contributed by atoms with Crippen LogP contribution >= 0.6 is 0 Å². The number of aryl methyl sites for hydroxylation is 2. The van der Waals surface area contributed by atoms with Crippen LogP contribution in [-0.2, 0) is 24.7 Å². The first-order chi connectivity index (χ1) is 17.2. The highest BCUT2D eigenvalue weighted by Gasteiger charge is 2.24. The van der Waals surface area contributed by atoms with E-state index in [1.54, 1.807) is 11.1 Å². The van der Waals surface area contributed by atoms with Crippen molar-refractivity contribution in [3.63, 3.8) is 0 Å². The van der Waals surface area contributed by atoms with Crippen molar-refractivity contribution < 1.29 is 0 Å². The summed E-state index contributed by atoms with van der Waals surface area (Å²) in [6, 6.07) is 23.6. The molecule has 0 nitrogen and oxygen atoms in total. The van der Waals surface area contributed by atoms with E-state index in [9.17, 15) is 0 Å². The zero-order valence-electron chi connectivity index (χ0n) is 24.0. The van der Waals surface area contributed by atoms with Gasteiger partial charge in [-0.2, -0.15) is 0 Å². The highest BCUT2D eigenvalue weighted by atomic mass is 14.3. The molecule has 0 saturated heterocycles. The molecule has 1 aliphatic rings. The first-order valence-electron chi connectivity index (χ1n) is 14.4. The van der Waals surface area contributed by atoms with Gasteiger partial charge >= 0.3 is 0 Å². The van der Waals surface area contributed by atoms with Crippen LogP contribution < -0.4 is 0 Å². The van der Waals surface area contributed by atoms with Crippen LogP contribution in [-0.4, -0.2) is 0 Å². The molecule has 0 bridgehead atoms. The van der Waals surface area contributed by atoms with Gasteiger partial charge in [0.1, 0.15) is 0 Å². The smallest absolute Gasteiger partial charge is 0.00201 e. The second kappa shape index (κ2) is 11.4. The molecule has 3 aromatic carbocycles. The summed E-state index contributed by atoms with van der Waals surface area (Å²) in [6.45, 7) is 16.3. The average Bonchev–Trinajstić information content (AvgIpc) is 2.86. The molecule has 0 N–H and O–H groups in total. The molecule has 3 aromatic rings. The van der Waals surface area contributed by atoms with Crippen molar-refractivity contribution in [2.45, 2.75) is 105 Å². The van der Waals surface area contributed by atoms with Gasteiger partial charge in [-0.3, -0.25) is 0 Å². The second-order valence-electron chi connectivity index (χ2n) is 12.8. The van der Waals surface area contributed by atoms with Gasteiger partial charge in [0.25, 0.3) is 0 Å². The van der Waals surface area contributed by atoms with Gasteiger partial charge < -0.3 is 0 Å². The molecule has 192 valence electrons. The highest BCUT2D eigenvalue weighted by Crippen LogP contribution is 2.39. The third-order valence-electron chi connectivity index (χ3n) is 8.81. The Morgan fingerprint density at radius 1 is 0.750 bits per heavy atom. The fourth-order valence-electron chi connectivity index (χ4n) is 6.38. The maximum Gasteiger partial charge on any atom is -0.00201 e. The fraction of sp³-hybridized carbons (Fsp3) is 0.500. The minimum Gasteiger partial charge on any atom is -0.0625 e. The van der Waals surface area contributed by atoms with E-state index in [0.29, 0.717) is 0 Å². The lowest BCUT2D eigenvalue weighted by Crippen LogP contribution is -2.17. The van der Waals surface area contributed by atoms with Gasteiger partial charge in [-0.25, -0.2) is 0 Å². The van der Waals surface area contributed by atoms with Gasteiger partial charge in [-0.1, -0.05) is 102 Å². The summed E-state index contributed by atoms with van der Waals surface area (Å²) in [6.07, 6.45) is 8.67. The zero-order valence-corrected chi connectivity index (χ0v) is 24.0. The molecule has 0 radical (unpaired) electrons. The molecule has 4 rings (SSSR count). The summed E-state index contributed by atoms with van der Waals surface area (Å²) < 4.78 is 0. The van der Waals surface area contributed by atoms with Gasteiger partial charge in [0.15, 0.2) is 0 Å². The van der Waals surface area contributed by atoms with Crippen molar-refractivity contribution in [2.75, 3.05) is 0 Å². The van der Waals surface area contributed by atoms with E-state index in [1.807, 2.05) is 0 Å². The standard InChI is InChI=1S/C36H48/c1-8-28-23-32(30-17-15-29(16-18-30)25(2)3)20-19-31(28)21-27-14-13-26(4)34(22-27)24-33-11-9-10-12-35(33)36(5,6)7/h9-14,19-20,22-23,25,29-30H,8,15-18,21,24H2,1-7H3. The fourth-order valence-corrected chi connectivity index (χ4v) is 6.38. The number of hydrogen-bond donors (Lipinski definition) is 0. The average molecular weight is 481 g/mol. The molecule has 0 spiro atoms. The Morgan fingerprint density at radius 3 is 2.14 bits per heavy atom. The Balaban J connectivity index is 1.53. The number of benzene rings is 3. The molecule has 36 heavy (non-hydrogen) atoms. The molecular formula is C36H48. The Kier molecular flexibility index (Phi) is 8.44. The highest BCUT2D eigenvalue weighted by molar-refractivity contribution is 5.43. The molecule has 0 heterocycles. The predicted octanol–water partition coefficient (Wildman–Crippen LogP) is 9.97. The summed E-state index contributed by atoms with van der Waals surface area (Å²) in [5, 5.41) is 0. The van der Waals surface area contributed by atoms with Crippen LogP contribution in [0.2, 0.25) is 0 Å². The van der Waals surface area contributed by atoms with E-state index in [2.05, 4.69) is 109 Å². The summed E-state index contributed by atoms with van der Waals surface area (Å²) in [5.41, 5.74) is 12.0. The summed E-state index contributed by atoms with van der Waals surface area (Å²) in [5.74, 6) is 2.52. The van der Waals surface area contributed by atoms with Crippen molar-refractivity contribution >= 4 is 0 Å². The van der Waals surface area contributed by atoms with E-state index in [-0.39, 0.29) is 5.41 Å². The van der Waals surface area contributed by atoms with Gasteiger partial charge in [0.05, 0.1) is 0 Å². The van der Waals surface area contributed by atoms with Crippen molar-refractivity contribution in [3.8, 4) is 0 Å². The number of hydrogen-bond acceptors (Lipinski definition) is 0. The second-order valence-corrected chi connectivity index (χ2v) is 12.8. The van der Waals surface area contributed by atoms with E-state index in [0.717, 1.165) is 37.0 Å². The molecular weight excluding hydrogens is 432 g/mol. The van der Waals surface area contributed by atoms with Crippen LogP contribution in [0.3, 0.4) is 0 Å². The third-order valence-corrected chi connectivity index (χ3v) is 8.81. The Bertz CT molecular complexity index is 1150. The molecule has 0 amide bonds. The van der Waals surface area contributed by atoms with Crippen molar-refractivity contribution in [2.24, 2.45) is 11.8 Å². The van der Waals surface area contributed by atoms with E-state index in [1.165, 1.54) is 59.1 Å². The molecule has 0 atom stereocenters. The van der Waals surface area contributed by atoms with Gasteiger partial charge in [-0.15, -0.1) is 0 Å². The Morgan fingerprint density at radius 2 is 1.47 bits per heavy atom. The lowest BCUT2D eigenvalue weighted by molar-refractivity contribution is 0.259. The van der Waals surface area contributed by atoms with Crippen LogP contribution in [0.5, 0.6) is 0 Å². The first-order valence-corrected chi connectivity index (χ1v) is 14.4. The predicted molar refractivity (Wildman–Crippen MR) is 157 cm³/mol. The SMILES string of the molecule is CCc1cc(C2CCC(C(C)C)CC2)ccc1Cc1ccc(C)c(Cc2ccccc2C(C)(C)C)c1. The van der Waals surface area contributed by atoms with Gasteiger partial charge in [0, 0.05) is 0 Å².